The molecule has 0 saturated carbocycles. The summed E-state index contributed by atoms with van der Waals surface area (Å²) in [5.74, 6) is 0. The van der Waals surface area contributed by atoms with Gasteiger partial charge in [-0.15, -0.1) is 0 Å². The number of fused-ring (bicyclic) bond motifs is 2. The lowest BCUT2D eigenvalue weighted by Gasteiger charge is -2.52. The maximum Gasteiger partial charge on any atom is 0.0558 e. The van der Waals surface area contributed by atoms with Crippen molar-refractivity contribution < 1.29 is 5.11 Å². The molecule has 2 heterocycles. The summed E-state index contributed by atoms with van der Waals surface area (Å²) < 4.78 is 0. The van der Waals surface area contributed by atoms with Crippen molar-refractivity contribution in [3.63, 3.8) is 0 Å². The summed E-state index contributed by atoms with van der Waals surface area (Å²) in [7, 11) is 0. The molecule has 3 heteroatoms. The molecule has 0 unspecified atom stereocenters. The zero-order chi connectivity index (χ0) is 17.8. The molecule has 0 atom stereocenters. The Morgan fingerprint density at radius 3 is 2.35 bits per heavy atom. The monoisotopic (exact) mass is 350 g/mol. The number of rotatable bonds is 5. The van der Waals surface area contributed by atoms with Crippen LogP contribution in [0.4, 0.5) is 0 Å². The fourth-order valence-corrected chi connectivity index (χ4v) is 4.94. The molecule has 0 aromatic heterocycles. The van der Waals surface area contributed by atoms with E-state index in [0.29, 0.717) is 0 Å². The summed E-state index contributed by atoms with van der Waals surface area (Å²) in [4.78, 5) is 5.18. The van der Waals surface area contributed by atoms with Gasteiger partial charge in [-0.1, -0.05) is 54.6 Å². The summed E-state index contributed by atoms with van der Waals surface area (Å²) in [5.41, 5.74) is 4.58. The van der Waals surface area contributed by atoms with E-state index in [1.807, 2.05) is 0 Å². The highest BCUT2D eigenvalue weighted by molar-refractivity contribution is 5.37. The standard InChI is InChI=1S/C23H30N2O/c26-19-18-25-15-11-21-8-4-5-9-22(21)23(25)12-16-24(17-13-23)14-10-20-6-2-1-3-7-20/h1-9,26H,10-19H2. The fourth-order valence-electron chi connectivity index (χ4n) is 4.94. The van der Waals surface area contributed by atoms with Gasteiger partial charge in [-0.05, 0) is 42.4 Å². The van der Waals surface area contributed by atoms with Crippen LogP contribution in [0, 0.1) is 0 Å². The topological polar surface area (TPSA) is 26.7 Å². The van der Waals surface area contributed by atoms with Crippen molar-refractivity contribution in [1.82, 2.24) is 9.80 Å². The molecule has 0 aliphatic carbocycles. The number of aliphatic hydroxyl groups excluding tert-OH is 1. The predicted octanol–water partition coefficient (Wildman–Crippen LogP) is 3.07. The molecule has 0 amide bonds. The van der Waals surface area contributed by atoms with Crippen LogP contribution in [0.5, 0.6) is 0 Å². The molecule has 2 aliphatic heterocycles. The molecule has 0 radical (unpaired) electrons. The lowest BCUT2D eigenvalue weighted by atomic mass is 9.74. The molecule has 4 rings (SSSR count). The smallest absolute Gasteiger partial charge is 0.0558 e. The van der Waals surface area contributed by atoms with Gasteiger partial charge in [0.2, 0.25) is 0 Å². The van der Waals surface area contributed by atoms with Crippen LogP contribution in [0.25, 0.3) is 0 Å². The molecule has 2 aromatic rings. The Morgan fingerprint density at radius 1 is 0.846 bits per heavy atom. The van der Waals surface area contributed by atoms with E-state index in [4.69, 9.17) is 0 Å². The second-order valence-electron chi connectivity index (χ2n) is 7.73. The minimum Gasteiger partial charge on any atom is -0.395 e. The van der Waals surface area contributed by atoms with Gasteiger partial charge in [0.05, 0.1) is 6.61 Å². The Bertz CT molecular complexity index is 707. The summed E-state index contributed by atoms with van der Waals surface area (Å²) in [6.45, 7) is 5.54. The van der Waals surface area contributed by atoms with Crippen LogP contribution in [0.3, 0.4) is 0 Å². The van der Waals surface area contributed by atoms with Crippen molar-refractivity contribution in [1.29, 1.82) is 0 Å². The quantitative estimate of drug-likeness (QED) is 0.898. The molecule has 138 valence electrons. The first-order chi connectivity index (χ1) is 12.8. The lowest BCUT2D eigenvalue weighted by Crippen LogP contribution is -2.57. The van der Waals surface area contributed by atoms with Crippen LogP contribution in [0.15, 0.2) is 54.6 Å². The molecule has 2 aromatic carbocycles. The Kier molecular flexibility index (Phi) is 5.39. The third-order valence-corrected chi connectivity index (χ3v) is 6.39. The first-order valence-corrected chi connectivity index (χ1v) is 10.0. The van der Waals surface area contributed by atoms with Gasteiger partial charge in [0.15, 0.2) is 0 Å². The van der Waals surface area contributed by atoms with Crippen LogP contribution in [0.2, 0.25) is 0 Å². The van der Waals surface area contributed by atoms with Crippen LogP contribution in [-0.2, 0) is 18.4 Å². The molecule has 0 bridgehead atoms. The van der Waals surface area contributed by atoms with Gasteiger partial charge >= 0.3 is 0 Å². The fraction of sp³-hybridized carbons (Fsp3) is 0.478. The number of benzene rings is 2. The average Bonchev–Trinajstić information content (AvgIpc) is 2.71. The van der Waals surface area contributed by atoms with Crippen LogP contribution in [0.1, 0.15) is 29.5 Å². The van der Waals surface area contributed by atoms with E-state index in [9.17, 15) is 5.11 Å². The molecule has 3 nitrogen and oxygen atoms in total. The number of piperidine rings is 1. The van der Waals surface area contributed by atoms with Gasteiger partial charge in [0, 0.05) is 38.3 Å². The minimum absolute atomic E-state index is 0.126. The van der Waals surface area contributed by atoms with Crippen molar-refractivity contribution in [2.24, 2.45) is 0 Å². The second-order valence-corrected chi connectivity index (χ2v) is 7.73. The average molecular weight is 351 g/mol. The lowest BCUT2D eigenvalue weighted by molar-refractivity contribution is -0.000391. The van der Waals surface area contributed by atoms with E-state index in [1.54, 1.807) is 0 Å². The van der Waals surface area contributed by atoms with E-state index in [1.165, 1.54) is 29.5 Å². The molecule has 1 spiro atoms. The minimum atomic E-state index is 0.126. The zero-order valence-electron chi connectivity index (χ0n) is 15.6. The van der Waals surface area contributed by atoms with Crippen molar-refractivity contribution in [2.75, 3.05) is 39.3 Å². The first kappa shape index (κ1) is 17.7. The summed E-state index contributed by atoms with van der Waals surface area (Å²) in [6.07, 6.45) is 4.57. The van der Waals surface area contributed by atoms with Crippen LogP contribution >= 0.6 is 0 Å². The number of likely N-dealkylation sites (tertiary alicyclic amines) is 1. The summed E-state index contributed by atoms with van der Waals surface area (Å²) in [5, 5.41) is 9.59. The first-order valence-electron chi connectivity index (χ1n) is 10.0. The molecular weight excluding hydrogens is 320 g/mol. The van der Waals surface area contributed by atoms with E-state index < -0.39 is 0 Å². The molecule has 2 aliphatic rings. The Labute approximate surface area is 157 Å². The number of aliphatic hydroxyl groups is 1. The predicted molar refractivity (Wildman–Crippen MR) is 106 cm³/mol. The van der Waals surface area contributed by atoms with Crippen LogP contribution in [-0.4, -0.2) is 54.2 Å². The highest BCUT2D eigenvalue weighted by Gasteiger charge is 2.44. The van der Waals surface area contributed by atoms with Gasteiger partial charge in [0.1, 0.15) is 0 Å². The van der Waals surface area contributed by atoms with Gasteiger partial charge in [-0.3, -0.25) is 4.90 Å². The van der Waals surface area contributed by atoms with Crippen molar-refractivity contribution in [3.05, 3.63) is 71.3 Å². The summed E-state index contributed by atoms with van der Waals surface area (Å²) >= 11 is 0. The Morgan fingerprint density at radius 2 is 1.58 bits per heavy atom. The second kappa shape index (κ2) is 7.91. The van der Waals surface area contributed by atoms with Crippen molar-refractivity contribution >= 4 is 0 Å². The summed E-state index contributed by atoms with van der Waals surface area (Å²) in [6, 6.07) is 19.8. The number of hydrogen-bond acceptors (Lipinski definition) is 3. The normalized spacial score (nSPS) is 20.2. The van der Waals surface area contributed by atoms with E-state index in [-0.39, 0.29) is 12.1 Å². The maximum absolute atomic E-state index is 9.59. The van der Waals surface area contributed by atoms with Crippen LogP contribution < -0.4 is 0 Å². The van der Waals surface area contributed by atoms with Gasteiger partial charge in [-0.25, -0.2) is 0 Å². The number of β-amino-alcohol motifs (C(OH)–C–C–N with tert-alkyl or cyclic N) is 1. The Balaban J connectivity index is 1.47. The molecule has 1 N–H and O–H groups in total. The van der Waals surface area contributed by atoms with Gasteiger partial charge in [0.25, 0.3) is 0 Å². The van der Waals surface area contributed by atoms with Crippen molar-refractivity contribution in [2.45, 2.75) is 31.2 Å². The molecule has 1 fully saturated rings. The maximum atomic E-state index is 9.59. The third-order valence-electron chi connectivity index (χ3n) is 6.39. The van der Waals surface area contributed by atoms with Gasteiger partial charge in [-0.2, -0.15) is 0 Å². The molecular formula is C23H30N2O. The largest absolute Gasteiger partial charge is 0.395 e. The number of hydrogen-bond donors (Lipinski definition) is 1. The third kappa shape index (κ3) is 3.44. The van der Waals surface area contributed by atoms with E-state index in [2.05, 4.69) is 64.4 Å². The highest BCUT2D eigenvalue weighted by atomic mass is 16.3. The van der Waals surface area contributed by atoms with E-state index >= 15 is 0 Å². The van der Waals surface area contributed by atoms with Crippen molar-refractivity contribution in [3.8, 4) is 0 Å². The molecule has 26 heavy (non-hydrogen) atoms. The van der Waals surface area contributed by atoms with Gasteiger partial charge < -0.3 is 10.0 Å². The highest BCUT2D eigenvalue weighted by Crippen LogP contribution is 2.43. The number of nitrogens with zero attached hydrogens (tertiary/aromatic N) is 2. The zero-order valence-corrected chi connectivity index (χ0v) is 15.6. The van der Waals surface area contributed by atoms with E-state index in [0.717, 1.165) is 45.6 Å². The SMILES string of the molecule is OCCN1CCc2ccccc2C12CCN(CCc1ccccc1)CC2. The Hall–Kier alpha value is -1.68. The molecule has 1 saturated heterocycles.